The maximum atomic E-state index is 12.7. The molecule has 1 amide bonds. The Morgan fingerprint density at radius 3 is 2.04 bits per heavy atom. The zero-order valence-electron chi connectivity index (χ0n) is 16.4. The van der Waals surface area contributed by atoms with Gasteiger partial charge in [-0.3, -0.25) is 9.69 Å². The molecule has 2 N–H and O–H groups in total. The van der Waals surface area contributed by atoms with Crippen molar-refractivity contribution in [2.45, 2.75) is 37.9 Å². The number of nitrogens with two attached hydrogens (primary N) is 1. The van der Waals surface area contributed by atoms with E-state index in [4.69, 9.17) is 5.73 Å². The Bertz CT molecular complexity index is 691. The van der Waals surface area contributed by atoms with E-state index in [0.717, 1.165) is 38.0 Å². The Morgan fingerprint density at radius 2 is 1.50 bits per heavy atom. The number of carbonyl (C=O) groups is 1. The molecule has 6 heteroatoms. The van der Waals surface area contributed by atoms with Crippen LogP contribution in [0.15, 0.2) is 60.7 Å². The van der Waals surface area contributed by atoms with E-state index in [1.165, 1.54) is 5.56 Å². The minimum absolute atomic E-state index is 0. The van der Waals surface area contributed by atoms with E-state index in [2.05, 4.69) is 35.2 Å². The molecule has 2 aromatic carbocycles. The maximum absolute atomic E-state index is 12.7. The SMILES string of the molecule is CN(C(=O)C(N)Cc1ccccc1)C1CCN(Cc2ccccc2)CC1.Cl.Cl. The molecule has 0 bridgehead atoms. The quantitative estimate of drug-likeness (QED) is 0.772. The summed E-state index contributed by atoms with van der Waals surface area (Å²) < 4.78 is 0. The Balaban J connectivity index is 0.00000196. The van der Waals surface area contributed by atoms with Gasteiger partial charge in [0, 0.05) is 32.7 Å². The summed E-state index contributed by atoms with van der Waals surface area (Å²) in [5, 5.41) is 0. The van der Waals surface area contributed by atoms with Crippen molar-refractivity contribution < 1.29 is 4.79 Å². The zero-order chi connectivity index (χ0) is 18.4. The van der Waals surface area contributed by atoms with E-state index in [1.807, 2.05) is 42.3 Å². The van der Waals surface area contributed by atoms with Gasteiger partial charge in [0.25, 0.3) is 0 Å². The van der Waals surface area contributed by atoms with Gasteiger partial charge in [0.1, 0.15) is 0 Å². The fourth-order valence-electron chi connectivity index (χ4n) is 3.70. The first-order valence-electron chi connectivity index (χ1n) is 9.46. The zero-order valence-corrected chi connectivity index (χ0v) is 18.0. The monoisotopic (exact) mass is 423 g/mol. The van der Waals surface area contributed by atoms with Crippen LogP contribution in [0.3, 0.4) is 0 Å². The predicted molar refractivity (Wildman–Crippen MR) is 120 cm³/mol. The minimum atomic E-state index is -0.468. The largest absolute Gasteiger partial charge is 0.341 e. The summed E-state index contributed by atoms with van der Waals surface area (Å²) in [5.41, 5.74) is 8.64. The lowest BCUT2D eigenvalue weighted by molar-refractivity contribution is -0.134. The Hall–Kier alpha value is -1.59. The van der Waals surface area contributed by atoms with Gasteiger partial charge in [0.15, 0.2) is 0 Å². The lowest BCUT2D eigenvalue weighted by Gasteiger charge is -2.37. The molecular weight excluding hydrogens is 393 g/mol. The van der Waals surface area contributed by atoms with Gasteiger partial charge in [0.2, 0.25) is 5.91 Å². The van der Waals surface area contributed by atoms with Crippen molar-refractivity contribution in [1.82, 2.24) is 9.80 Å². The predicted octanol–water partition coefficient (Wildman–Crippen LogP) is 3.52. The fourth-order valence-corrected chi connectivity index (χ4v) is 3.70. The van der Waals surface area contributed by atoms with Crippen LogP contribution in [0.25, 0.3) is 0 Å². The van der Waals surface area contributed by atoms with E-state index < -0.39 is 6.04 Å². The summed E-state index contributed by atoms with van der Waals surface area (Å²) >= 11 is 0. The van der Waals surface area contributed by atoms with Crippen molar-refractivity contribution >= 4 is 30.7 Å². The van der Waals surface area contributed by atoms with Crippen LogP contribution in [0.4, 0.5) is 0 Å². The molecule has 3 rings (SSSR count). The normalized spacial score (nSPS) is 15.8. The molecule has 154 valence electrons. The fraction of sp³-hybridized carbons (Fsp3) is 0.409. The highest BCUT2D eigenvalue weighted by molar-refractivity contribution is 5.85. The lowest BCUT2D eigenvalue weighted by Crippen LogP contribution is -2.50. The van der Waals surface area contributed by atoms with Gasteiger partial charge < -0.3 is 10.6 Å². The average molecular weight is 424 g/mol. The molecule has 1 saturated heterocycles. The first-order valence-corrected chi connectivity index (χ1v) is 9.46. The van der Waals surface area contributed by atoms with Gasteiger partial charge >= 0.3 is 0 Å². The van der Waals surface area contributed by atoms with Gasteiger partial charge in [-0.05, 0) is 30.4 Å². The summed E-state index contributed by atoms with van der Waals surface area (Å²) in [6.07, 6.45) is 2.61. The Labute approximate surface area is 180 Å². The number of benzene rings is 2. The Kier molecular flexibility index (Phi) is 10.5. The number of hydrogen-bond donors (Lipinski definition) is 1. The van der Waals surface area contributed by atoms with Crippen molar-refractivity contribution in [2.24, 2.45) is 5.73 Å². The molecule has 1 heterocycles. The molecule has 2 aromatic rings. The highest BCUT2D eigenvalue weighted by Gasteiger charge is 2.28. The second-order valence-corrected chi connectivity index (χ2v) is 7.24. The van der Waals surface area contributed by atoms with E-state index in [0.29, 0.717) is 6.42 Å². The molecule has 1 aliphatic heterocycles. The van der Waals surface area contributed by atoms with Crippen LogP contribution in [0.1, 0.15) is 24.0 Å². The van der Waals surface area contributed by atoms with E-state index >= 15 is 0 Å². The number of piperidine rings is 1. The summed E-state index contributed by atoms with van der Waals surface area (Å²) in [6, 6.07) is 20.4. The smallest absolute Gasteiger partial charge is 0.239 e. The highest BCUT2D eigenvalue weighted by Crippen LogP contribution is 2.18. The first-order chi connectivity index (χ1) is 12.6. The van der Waals surface area contributed by atoms with Gasteiger partial charge in [-0.2, -0.15) is 0 Å². The van der Waals surface area contributed by atoms with Crippen LogP contribution < -0.4 is 5.73 Å². The van der Waals surface area contributed by atoms with Crippen LogP contribution in [-0.4, -0.2) is 47.9 Å². The number of likely N-dealkylation sites (tertiary alicyclic amines) is 1. The van der Waals surface area contributed by atoms with Crippen LogP contribution in [0, 0.1) is 0 Å². The third-order valence-corrected chi connectivity index (χ3v) is 5.32. The number of rotatable bonds is 6. The van der Waals surface area contributed by atoms with Crippen molar-refractivity contribution in [1.29, 1.82) is 0 Å². The molecule has 4 nitrogen and oxygen atoms in total. The van der Waals surface area contributed by atoms with Gasteiger partial charge in [0.05, 0.1) is 6.04 Å². The first kappa shape index (κ1) is 24.4. The van der Waals surface area contributed by atoms with Gasteiger partial charge in [-0.1, -0.05) is 60.7 Å². The van der Waals surface area contributed by atoms with Crippen LogP contribution in [0.2, 0.25) is 0 Å². The van der Waals surface area contributed by atoms with E-state index in [9.17, 15) is 4.79 Å². The molecule has 1 aliphatic rings. The third kappa shape index (κ3) is 6.78. The molecule has 1 unspecified atom stereocenters. The molecular formula is C22H31Cl2N3O. The Morgan fingerprint density at radius 1 is 1.00 bits per heavy atom. The molecule has 28 heavy (non-hydrogen) atoms. The maximum Gasteiger partial charge on any atom is 0.239 e. The summed E-state index contributed by atoms with van der Waals surface area (Å²) in [5.74, 6) is 0.0513. The van der Waals surface area contributed by atoms with Crippen molar-refractivity contribution in [3.8, 4) is 0 Å². The molecule has 0 spiro atoms. The third-order valence-electron chi connectivity index (χ3n) is 5.32. The summed E-state index contributed by atoms with van der Waals surface area (Å²) in [6.45, 7) is 3.02. The van der Waals surface area contributed by atoms with Crippen LogP contribution >= 0.6 is 24.8 Å². The number of likely N-dealkylation sites (N-methyl/N-ethyl adjacent to an activating group) is 1. The van der Waals surface area contributed by atoms with Gasteiger partial charge in [-0.15, -0.1) is 24.8 Å². The molecule has 0 saturated carbocycles. The van der Waals surface area contributed by atoms with E-state index in [1.54, 1.807) is 0 Å². The molecule has 0 radical (unpaired) electrons. The van der Waals surface area contributed by atoms with Crippen molar-refractivity contribution in [2.75, 3.05) is 20.1 Å². The standard InChI is InChI=1S/C22H29N3O.2ClH/c1-24(22(26)21(23)16-18-8-4-2-5-9-18)20-12-14-25(15-13-20)17-19-10-6-3-7-11-19;;/h2-11,20-21H,12-17,23H2,1H3;2*1H. The molecule has 0 aliphatic carbocycles. The summed E-state index contributed by atoms with van der Waals surface area (Å²) in [4.78, 5) is 17.1. The van der Waals surface area contributed by atoms with Gasteiger partial charge in [-0.25, -0.2) is 0 Å². The second kappa shape index (κ2) is 12.1. The van der Waals surface area contributed by atoms with Crippen LogP contribution in [-0.2, 0) is 17.8 Å². The molecule has 0 aromatic heterocycles. The molecule has 1 atom stereocenters. The second-order valence-electron chi connectivity index (χ2n) is 7.24. The molecule has 1 fully saturated rings. The lowest BCUT2D eigenvalue weighted by atomic mass is 10.0. The number of hydrogen-bond acceptors (Lipinski definition) is 3. The van der Waals surface area contributed by atoms with Crippen molar-refractivity contribution in [3.63, 3.8) is 0 Å². The topological polar surface area (TPSA) is 49.6 Å². The number of nitrogens with zero attached hydrogens (tertiary/aromatic N) is 2. The minimum Gasteiger partial charge on any atom is -0.341 e. The number of carbonyl (C=O) groups excluding carboxylic acids is 1. The number of halogens is 2. The highest BCUT2D eigenvalue weighted by atomic mass is 35.5. The summed E-state index contributed by atoms with van der Waals surface area (Å²) in [7, 11) is 1.91. The van der Waals surface area contributed by atoms with Crippen LogP contribution in [0.5, 0.6) is 0 Å². The van der Waals surface area contributed by atoms with E-state index in [-0.39, 0.29) is 36.8 Å². The number of amides is 1. The van der Waals surface area contributed by atoms with Crippen molar-refractivity contribution in [3.05, 3.63) is 71.8 Å². The average Bonchev–Trinajstić information content (AvgIpc) is 2.69.